The maximum Gasteiger partial charge on any atom is 0.171 e. The molecule has 1 atom stereocenters. The number of aliphatic hydroxyl groups is 1. The molecule has 0 fully saturated rings. The lowest BCUT2D eigenvalue weighted by atomic mass is 10.4. The maximum atomic E-state index is 9.58. The molecule has 0 aromatic carbocycles. The number of hydrogen-bond donors (Lipinski definition) is 1. The Balaban J connectivity index is 1.94. The molecule has 0 aliphatic heterocycles. The summed E-state index contributed by atoms with van der Waals surface area (Å²) in [6.45, 7) is 2.19. The first-order valence-electron chi connectivity index (χ1n) is 5.73. The molecule has 0 amide bonds. The third kappa shape index (κ3) is 1.86. The zero-order valence-electron chi connectivity index (χ0n) is 9.93. The van der Waals surface area contributed by atoms with Gasteiger partial charge in [0.25, 0.3) is 0 Å². The monoisotopic (exact) mass is 243 g/mol. The lowest BCUT2D eigenvalue weighted by molar-refractivity contribution is 0.184. The first-order chi connectivity index (χ1) is 8.74. The van der Waals surface area contributed by atoms with Crippen LogP contribution in [0.3, 0.4) is 0 Å². The molecule has 0 aliphatic rings. The Morgan fingerprint density at radius 3 is 3.00 bits per heavy atom. The summed E-state index contributed by atoms with van der Waals surface area (Å²) in [4.78, 5) is 8.53. The van der Waals surface area contributed by atoms with Crippen molar-refractivity contribution in [1.82, 2.24) is 24.1 Å². The summed E-state index contributed by atoms with van der Waals surface area (Å²) in [5.41, 5.74) is 0.811. The van der Waals surface area contributed by atoms with Crippen molar-refractivity contribution in [1.29, 1.82) is 0 Å². The van der Waals surface area contributed by atoms with Crippen molar-refractivity contribution in [3.63, 3.8) is 0 Å². The number of rotatable bonds is 3. The molecule has 92 valence electrons. The van der Waals surface area contributed by atoms with Crippen molar-refractivity contribution in [2.75, 3.05) is 0 Å². The summed E-state index contributed by atoms with van der Waals surface area (Å²) in [7, 11) is 0. The molecular formula is C12H13N5O. The van der Waals surface area contributed by atoms with Gasteiger partial charge in [0.15, 0.2) is 11.5 Å². The molecule has 3 aromatic rings. The summed E-state index contributed by atoms with van der Waals surface area (Å²) in [5.74, 6) is 1.31. The Kier molecular flexibility index (Phi) is 2.56. The number of aromatic nitrogens is 5. The van der Waals surface area contributed by atoms with Gasteiger partial charge in [-0.2, -0.15) is 0 Å². The topological polar surface area (TPSA) is 68.2 Å². The highest BCUT2D eigenvalue weighted by Gasteiger charge is 2.11. The predicted molar refractivity (Wildman–Crippen MR) is 64.9 cm³/mol. The van der Waals surface area contributed by atoms with E-state index in [1.165, 1.54) is 0 Å². The molecule has 6 nitrogen and oxygen atoms in total. The lowest BCUT2D eigenvalue weighted by Crippen LogP contribution is -2.08. The first-order valence-corrected chi connectivity index (χ1v) is 5.73. The molecular weight excluding hydrogens is 230 g/mol. The van der Waals surface area contributed by atoms with Crippen LogP contribution in [0.5, 0.6) is 0 Å². The largest absolute Gasteiger partial charge is 0.385 e. The molecule has 0 radical (unpaired) electrons. The quantitative estimate of drug-likeness (QED) is 0.746. The highest BCUT2D eigenvalue weighted by molar-refractivity contribution is 5.36. The van der Waals surface area contributed by atoms with Crippen molar-refractivity contribution in [2.45, 2.75) is 19.6 Å². The number of hydrogen-bond acceptors (Lipinski definition) is 4. The Morgan fingerprint density at radius 1 is 1.33 bits per heavy atom. The van der Waals surface area contributed by atoms with Gasteiger partial charge in [-0.15, -0.1) is 5.10 Å². The summed E-state index contributed by atoms with van der Waals surface area (Å²) >= 11 is 0. The maximum absolute atomic E-state index is 9.58. The van der Waals surface area contributed by atoms with Gasteiger partial charge in [-0.25, -0.2) is 14.5 Å². The van der Waals surface area contributed by atoms with E-state index in [9.17, 15) is 5.11 Å². The highest BCUT2D eigenvalue weighted by atomic mass is 16.3. The van der Waals surface area contributed by atoms with Gasteiger partial charge < -0.3 is 9.67 Å². The average Bonchev–Trinajstić information content (AvgIpc) is 2.94. The van der Waals surface area contributed by atoms with Crippen LogP contribution in [0.25, 0.3) is 5.65 Å². The molecule has 3 aromatic heterocycles. The van der Waals surface area contributed by atoms with Crippen molar-refractivity contribution < 1.29 is 5.11 Å². The van der Waals surface area contributed by atoms with Gasteiger partial charge in [0.1, 0.15) is 11.9 Å². The van der Waals surface area contributed by atoms with Crippen LogP contribution in [-0.4, -0.2) is 29.3 Å². The third-order valence-corrected chi connectivity index (χ3v) is 2.72. The van der Waals surface area contributed by atoms with E-state index >= 15 is 0 Å². The van der Waals surface area contributed by atoms with Crippen LogP contribution in [0.4, 0.5) is 0 Å². The Hall–Kier alpha value is -2.21. The van der Waals surface area contributed by atoms with Crippen molar-refractivity contribution in [3.8, 4) is 0 Å². The lowest BCUT2D eigenvalue weighted by Gasteiger charge is -2.06. The minimum atomic E-state index is -0.600. The Bertz CT molecular complexity index is 637. The van der Waals surface area contributed by atoms with E-state index in [2.05, 4.69) is 15.1 Å². The average molecular weight is 243 g/mol. The second kappa shape index (κ2) is 4.23. The van der Waals surface area contributed by atoms with E-state index in [4.69, 9.17) is 0 Å². The first kappa shape index (κ1) is 10.9. The van der Waals surface area contributed by atoms with Crippen molar-refractivity contribution in [3.05, 3.63) is 48.4 Å². The smallest absolute Gasteiger partial charge is 0.171 e. The van der Waals surface area contributed by atoms with E-state index in [0.29, 0.717) is 18.2 Å². The molecule has 3 heterocycles. The molecule has 6 heteroatoms. The van der Waals surface area contributed by atoms with Crippen LogP contribution < -0.4 is 0 Å². The van der Waals surface area contributed by atoms with Crippen LogP contribution in [0.2, 0.25) is 0 Å². The Morgan fingerprint density at radius 2 is 2.22 bits per heavy atom. The van der Waals surface area contributed by atoms with E-state index < -0.39 is 6.10 Å². The van der Waals surface area contributed by atoms with Gasteiger partial charge in [0.05, 0.1) is 6.54 Å². The minimum Gasteiger partial charge on any atom is -0.385 e. The SMILES string of the molecule is CC(O)c1nccn1Cc1nc2ccccn2n1. The molecule has 1 unspecified atom stereocenters. The fraction of sp³-hybridized carbons (Fsp3) is 0.250. The highest BCUT2D eigenvalue weighted by Crippen LogP contribution is 2.11. The molecule has 0 saturated carbocycles. The summed E-state index contributed by atoms with van der Waals surface area (Å²) in [5, 5.41) is 13.9. The van der Waals surface area contributed by atoms with Crippen LogP contribution in [-0.2, 0) is 6.54 Å². The molecule has 18 heavy (non-hydrogen) atoms. The normalized spacial score (nSPS) is 13.0. The van der Waals surface area contributed by atoms with Crippen LogP contribution in [0.15, 0.2) is 36.8 Å². The Labute approximate surface area is 104 Å². The molecule has 0 bridgehead atoms. The van der Waals surface area contributed by atoms with E-state index in [0.717, 1.165) is 5.65 Å². The third-order valence-electron chi connectivity index (χ3n) is 2.72. The fourth-order valence-electron chi connectivity index (χ4n) is 1.92. The zero-order valence-corrected chi connectivity index (χ0v) is 9.93. The predicted octanol–water partition coefficient (Wildman–Crippen LogP) is 1.03. The minimum absolute atomic E-state index is 0.502. The van der Waals surface area contributed by atoms with Gasteiger partial charge in [0, 0.05) is 18.6 Å². The fourth-order valence-corrected chi connectivity index (χ4v) is 1.92. The molecule has 3 rings (SSSR count). The van der Waals surface area contributed by atoms with Crippen molar-refractivity contribution in [2.24, 2.45) is 0 Å². The van der Waals surface area contributed by atoms with Crippen LogP contribution >= 0.6 is 0 Å². The van der Waals surface area contributed by atoms with Gasteiger partial charge in [0.2, 0.25) is 0 Å². The van der Waals surface area contributed by atoms with Gasteiger partial charge in [-0.1, -0.05) is 6.07 Å². The molecule has 0 spiro atoms. The van der Waals surface area contributed by atoms with Crippen LogP contribution in [0, 0.1) is 0 Å². The number of aliphatic hydroxyl groups excluding tert-OH is 1. The second-order valence-corrected chi connectivity index (χ2v) is 4.12. The van der Waals surface area contributed by atoms with Gasteiger partial charge >= 0.3 is 0 Å². The summed E-state index contributed by atoms with van der Waals surface area (Å²) in [6, 6.07) is 5.73. The molecule has 0 saturated heterocycles. The van der Waals surface area contributed by atoms with E-state index in [1.54, 1.807) is 17.6 Å². The molecule has 0 aliphatic carbocycles. The summed E-state index contributed by atoms with van der Waals surface area (Å²) in [6.07, 6.45) is 4.73. The van der Waals surface area contributed by atoms with E-state index in [1.807, 2.05) is 35.2 Å². The second-order valence-electron chi connectivity index (χ2n) is 4.12. The summed E-state index contributed by atoms with van der Waals surface area (Å²) < 4.78 is 3.58. The van der Waals surface area contributed by atoms with E-state index in [-0.39, 0.29) is 0 Å². The number of imidazole rings is 1. The number of fused-ring (bicyclic) bond motifs is 1. The number of nitrogens with zero attached hydrogens (tertiary/aromatic N) is 5. The van der Waals surface area contributed by atoms with Crippen molar-refractivity contribution >= 4 is 5.65 Å². The molecule has 1 N–H and O–H groups in total. The number of pyridine rings is 1. The van der Waals surface area contributed by atoms with Gasteiger partial charge in [-0.05, 0) is 19.1 Å². The van der Waals surface area contributed by atoms with Gasteiger partial charge in [-0.3, -0.25) is 0 Å². The zero-order chi connectivity index (χ0) is 12.5. The van der Waals surface area contributed by atoms with Crippen LogP contribution in [0.1, 0.15) is 24.7 Å². The standard InChI is InChI=1S/C12H13N5O/c1-9(18)12-13-5-7-16(12)8-10-14-11-4-2-3-6-17(11)15-10/h2-7,9,18H,8H2,1H3.